The predicted molar refractivity (Wildman–Crippen MR) is 101 cm³/mol. The van der Waals surface area contributed by atoms with Crippen molar-refractivity contribution in [2.24, 2.45) is 0 Å². The monoisotopic (exact) mass is 368 g/mol. The summed E-state index contributed by atoms with van der Waals surface area (Å²) < 4.78 is 11.1. The topological polar surface area (TPSA) is 71.8 Å². The molecule has 6 heteroatoms. The molecule has 0 radical (unpaired) electrons. The number of anilines is 1. The van der Waals surface area contributed by atoms with Gasteiger partial charge in [0, 0.05) is 38.2 Å². The number of hydrogen-bond acceptors (Lipinski definition) is 5. The van der Waals surface area contributed by atoms with Crippen LogP contribution in [0.5, 0.6) is 0 Å². The van der Waals surface area contributed by atoms with E-state index in [0.29, 0.717) is 35.5 Å². The van der Waals surface area contributed by atoms with Crippen LogP contribution in [0, 0.1) is 6.92 Å². The summed E-state index contributed by atoms with van der Waals surface area (Å²) in [5, 5.41) is 3.00. The molecule has 1 N–H and O–H groups in total. The number of carbonyl (C=O) groups excluding carboxylic acids is 2. The van der Waals surface area contributed by atoms with E-state index < -0.39 is 0 Å². The molecule has 0 saturated carbocycles. The normalized spacial score (nSPS) is 17.6. The van der Waals surface area contributed by atoms with Gasteiger partial charge in [0.2, 0.25) is 0 Å². The lowest BCUT2D eigenvalue weighted by molar-refractivity contribution is 0.0342. The number of benzene rings is 1. The van der Waals surface area contributed by atoms with Crippen LogP contribution in [0.4, 0.5) is 5.69 Å². The maximum absolute atomic E-state index is 13.0. The van der Waals surface area contributed by atoms with Gasteiger partial charge in [0.25, 0.3) is 5.91 Å². The molecular weight excluding hydrogens is 344 g/mol. The van der Waals surface area contributed by atoms with Gasteiger partial charge in [-0.25, -0.2) is 0 Å². The number of amides is 1. The van der Waals surface area contributed by atoms with Gasteiger partial charge in [-0.1, -0.05) is 18.2 Å². The fourth-order valence-electron chi connectivity index (χ4n) is 3.85. The van der Waals surface area contributed by atoms with E-state index in [1.165, 1.54) is 0 Å². The highest BCUT2D eigenvalue weighted by atomic mass is 16.5. The summed E-state index contributed by atoms with van der Waals surface area (Å²) in [5.74, 6) is 0.885. The van der Waals surface area contributed by atoms with E-state index in [-0.39, 0.29) is 11.7 Å². The van der Waals surface area contributed by atoms with E-state index in [4.69, 9.17) is 9.15 Å². The molecule has 1 aromatic heterocycles. The van der Waals surface area contributed by atoms with E-state index in [0.717, 1.165) is 50.5 Å². The molecule has 1 aliphatic heterocycles. The summed E-state index contributed by atoms with van der Waals surface area (Å²) in [6.45, 7) is 5.73. The van der Waals surface area contributed by atoms with E-state index in [9.17, 15) is 9.59 Å². The Hall–Kier alpha value is -2.44. The third-order valence-corrected chi connectivity index (χ3v) is 5.23. The van der Waals surface area contributed by atoms with Crippen molar-refractivity contribution in [2.45, 2.75) is 32.7 Å². The first-order valence-corrected chi connectivity index (χ1v) is 9.48. The zero-order valence-corrected chi connectivity index (χ0v) is 15.5. The minimum atomic E-state index is -0.276. The molecule has 2 heterocycles. The molecule has 0 bridgehead atoms. The Balaban J connectivity index is 1.57. The van der Waals surface area contributed by atoms with Crippen LogP contribution in [0.2, 0.25) is 0 Å². The van der Waals surface area contributed by atoms with Crippen molar-refractivity contribution in [3.63, 3.8) is 0 Å². The second-order valence-electron chi connectivity index (χ2n) is 7.11. The Bertz CT molecular complexity index is 865. The van der Waals surface area contributed by atoms with Crippen LogP contribution in [0.25, 0.3) is 0 Å². The van der Waals surface area contributed by atoms with Gasteiger partial charge in [0.15, 0.2) is 5.78 Å². The zero-order chi connectivity index (χ0) is 18.8. The molecule has 142 valence electrons. The van der Waals surface area contributed by atoms with Crippen molar-refractivity contribution in [2.75, 3.05) is 31.6 Å². The van der Waals surface area contributed by atoms with Crippen molar-refractivity contribution in [3.8, 4) is 0 Å². The molecule has 2 aromatic rings. The maximum Gasteiger partial charge on any atom is 0.259 e. The van der Waals surface area contributed by atoms with Gasteiger partial charge in [-0.2, -0.15) is 0 Å². The van der Waals surface area contributed by atoms with Gasteiger partial charge >= 0.3 is 0 Å². The number of Topliss-reactive ketones (excluding diaryl/α,β-unsaturated/α-hetero) is 1. The van der Waals surface area contributed by atoms with Crippen LogP contribution in [0.3, 0.4) is 0 Å². The second-order valence-corrected chi connectivity index (χ2v) is 7.11. The van der Waals surface area contributed by atoms with E-state index in [1.807, 2.05) is 24.3 Å². The number of aryl methyl sites for hydroxylation is 2. The number of carbonyl (C=O) groups is 2. The number of rotatable bonds is 4. The van der Waals surface area contributed by atoms with E-state index in [1.54, 1.807) is 6.92 Å². The number of ether oxygens (including phenoxy) is 1. The Kier molecular flexibility index (Phi) is 5.09. The molecule has 27 heavy (non-hydrogen) atoms. The molecule has 1 aromatic carbocycles. The fraction of sp³-hybridized carbons (Fsp3) is 0.429. The Labute approximate surface area is 158 Å². The number of hydrogen-bond donors (Lipinski definition) is 1. The lowest BCUT2D eigenvalue weighted by atomic mass is 9.93. The third kappa shape index (κ3) is 3.68. The molecule has 1 fully saturated rings. The van der Waals surface area contributed by atoms with Crippen LogP contribution in [-0.2, 0) is 17.7 Å². The smallest absolute Gasteiger partial charge is 0.259 e. The van der Waals surface area contributed by atoms with Gasteiger partial charge in [0.1, 0.15) is 11.5 Å². The number of nitrogens with zero attached hydrogens (tertiary/aromatic N) is 1. The highest BCUT2D eigenvalue weighted by Crippen LogP contribution is 2.30. The summed E-state index contributed by atoms with van der Waals surface area (Å²) in [6.07, 6.45) is 1.96. The first-order chi connectivity index (χ1) is 13.1. The first-order valence-electron chi connectivity index (χ1n) is 9.48. The maximum atomic E-state index is 13.0. The molecule has 6 nitrogen and oxygen atoms in total. The first kappa shape index (κ1) is 17.9. The van der Waals surface area contributed by atoms with Gasteiger partial charge in [-0.05, 0) is 25.0 Å². The van der Waals surface area contributed by atoms with Gasteiger partial charge < -0.3 is 14.5 Å². The molecule has 1 saturated heterocycles. The minimum Gasteiger partial charge on any atom is -0.465 e. The van der Waals surface area contributed by atoms with Gasteiger partial charge in [-0.3, -0.25) is 14.5 Å². The predicted octanol–water partition coefficient (Wildman–Crippen LogP) is 3.19. The molecule has 2 aliphatic rings. The highest BCUT2D eigenvalue weighted by Gasteiger charge is 2.30. The Morgan fingerprint density at radius 2 is 1.96 bits per heavy atom. The van der Waals surface area contributed by atoms with E-state index >= 15 is 0 Å². The second kappa shape index (κ2) is 7.66. The fourth-order valence-corrected chi connectivity index (χ4v) is 3.85. The van der Waals surface area contributed by atoms with Gasteiger partial charge in [-0.15, -0.1) is 0 Å². The number of fused-ring (bicyclic) bond motifs is 1. The molecular formula is C21H24N2O4. The average Bonchev–Trinajstić information content (AvgIpc) is 3.01. The number of morpholine rings is 1. The summed E-state index contributed by atoms with van der Waals surface area (Å²) >= 11 is 0. The van der Waals surface area contributed by atoms with Gasteiger partial charge in [0.05, 0.1) is 24.3 Å². The van der Waals surface area contributed by atoms with E-state index in [2.05, 4.69) is 10.2 Å². The Morgan fingerprint density at radius 1 is 1.19 bits per heavy atom. The summed E-state index contributed by atoms with van der Waals surface area (Å²) in [4.78, 5) is 27.7. The summed E-state index contributed by atoms with van der Waals surface area (Å²) in [5.41, 5.74) is 2.68. The standard InChI is InChI=1S/C21H24N2O4/c1-14-19(20-17(24)7-4-8-18(20)27-14)21(25)22-16-6-3-2-5-15(16)13-23-9-11-26-12-10-23/h2-3,5-6H,4,7-13H2,1H3,(H,22,25). The zero-order valence-electron chi connectivity index (χ0n) is 15.5. The largest absolute Gasteiger partial charge is 0.465 e. The third-order valence-electron chi connectivity index (χ3n) is 5.23. The van der Waals surface area contributed by atoms with Crippen molar-refractivity contribution in [1.82, 2.24) is 4.90 Å². The van der Waals surface area contributed by atoms with Crippen LogP contribution in [0.1, 0.15) is 50.6 Å². The molecule has 4 rings (SSSR count). The number of nitrogens with one attached hydrogen (secondary N) is 1. The van der Waals surface area contributed by atoms with Crippen LogP contribution in [-0.4, -0.2) is 42.9 Å². The number of para-hydroxylation sites is 1. The van der Waals surface area contributed by atoms with Crippen molar-refractivity contribution in [1.29, 1.82) is 0 Å². The summed E-state index contributed by atoms with van der Waals surface area (Å²) in [7, 11) is 0. The lowest BCUT2D eigenvalue weighted by Gasteiger charge is -2.27. The van der Waals surface area contributed by atoms with Crippen molar-refractivity contribution < 1.29 is 18.7 Å². The lowest BCUT2D eigenvalue weighted by Crippen LogP contribution is -2.35. The van der Waals surface area contributed by atoms with Crippen LogP contribution < -0.4 is 5.32 Å². The van der Waals surface area contributed by atoms with Crippen LogP contribution >= 0.6 is 0 Å². The highest BCUT2D eigenvalue weighted by molar-refractivity contribution is 6.14. The van der Waals surface area contributed by atoms with Crippen LogP contribution in [0.15, 0.2) is 28.7 Å². The summed E-state index contributed by atoms with van der Waals surface area (Å²) in [6, 6.07) is 7.80. The quantitative estimate of drug-likeness (QED) is 0.897. The van der Waals surface area contributed by atoms with Crippen molar-refractivity contribution in [3.05, 3.63) is 52.5 Å². The number of ketones is 1. The molecule has 0 unspecified atom stereocenters. The number of furan rings is 1. The molecule has 1 aliphatic carbocycles. The minimum absolute atomic E-state index is 0.000137. The molecule has 0 spiro atoms. The molecule has 1 amide bonds. The Morgan fingerprint density at radius 3 is 2.78 bits per heavy atom. The average molecular weight is 368 g/mol. The molecule has 0 atom stereocenters. The SMILES string of the molecule is Cc1oc2c(c1C(=O)Nc1ccccc1CN1CCOCC1)C(=O)CCC2. The van der Waals surface area contributed by atoms with Crippen molar-refractivity contribution >= 4 is 17.4 Å².